The molecule has 1 aliphatic heterocycles. The molecule has 0 saturated carbocycles. The first-order valence-corrected chi connectivity index (χ1v) is 9.32. The fraction of sp³-hybridized carbons (Fsp3) is 0.316. The molecule has 1 fully saturated rings. The van der Waals surface area contributed by atoms with Crippen molar-refractivity contribution in [3.63, 3.8) is 0 Å². The Bertz CT molecular complexity index is 858. The Labute approximate surface area is 150 Å². The minimum atomic E-state index is -0.00106. The fourth-order valence-electron chi connectivity index (χ4n) is 3.37. The van der Waals surface area contributed by atoms with E-state index < -0.39 is 0 Å². The molecule has 4 rings (SSSR count). The van der Waals surface area contributed by atoms with Gasteiger partial charge >= 0.3 is 0 Å². The SMILES string of the molecule is Cc1onc(-c2ccccc2)c1C(=O)N1CCCC(c2nccs2)C1. The Hall–Kier alpha value is -2.47. The van der Waals surface area contributed by atoms with E-state index in [4.69, 9.17) is 4.52 Å². The second-order valence-electron chi connectivity index (χ2n) is 6.29. The zero-order chi connectivity index (χ0) is 17.2. The van der Waals surface area contributed by atoms with Crippen molar-refractivity contribution >= 4 is 17.2 Å². The summed E-state index contributed by atoms with van der Waals surface area (Å²) in [5, 5.41) is 7.25. The summed E-state index contributed by atoms with van der Waals surface area (Å²) >= 11 is 1.66. The highest BCUT2D eigenvalue weighted by atomic mass is 32.1. The lowest BCUT2D eigenvalue weighted by Gasteiger charge is -2.31. The molecular weight excluding hydrogens is 334 g/mol. The maximum atomic E-state index is 13.2. The summed E-state index contributed by atoms with van der Waals surface area (Å²) in [7, 11) is 0. The van der Waals surface area contributed by atoms with Gasteiger partial charge in [-0.25, -0.2) is 4.98 Å². The maximum absolute atomic E-state index is 13.2. The van der Waals surface area contributed by atoms with Gasteiger partial charge < -0.3 is 9.42 Å². The Kier molecular flexibility index (Phi) is 4.36. The topological polar surface area (TPSA) is 59.2 Å². The van der Waals surface area contributed by atoms with Crippen LogP contribution < -0.4 is 0 Å². The number of nitrogens with zero attached hydrogens (tertiary/aromatic N) is 3. The smallest absolute Gasteiger partial charge is 0.259 e. The summed E-state index contributed by atoms with van der Waals surface area (Å²) in [5.74, 6) is 0.886. The number of carbonyl (C=O) groups excluding carboxylic acids is 1. The summed E-state index contributed by atoms with van der Waals surface area (Å²) in [6, 6.07) is 9.71. The second kappa shape index (κ2) is 6.80. The summed E-state index contributed by atoms with van der Waals surface area (Å²) in [6.07, 6.45) is 3.89. The van der Waals surface area contributed by atoms with E-state index in [1.807, 2.05) is 46.8 Å². The van der Waals surface area contributed by atoms with E-state index in [9.17, 15) is 4.79 Å². The first kappa shape index (κ1) is 16.0. The minimum Gasteiger partial charge on any atom is -0.360 e. The molecule has 5 nitrogen and oxygen atoms in total. The third kappa shape index (κ3) is 3.09. The van der Waals surface area contributed by atoms with E-state index in [0.717, 1.165) is 30.0 Å². The molecule has 2 aromatic heterocycles. The first-order chi connectivity index (χ1) is 12.2. The molecule has 1 amide bonds. The third-order valence-corrected chi connectivity index (χ3v) is 5.57. The van der Waals surface area contributed by atoms with Gasteiger partial charge in [0.2, 0.25) is 0 Å². The average molecular weight is 353 g/mol. The van der Waals surface area contributed by atoms with Gasteiger partial charge in [0, 0.05) is 36.1 Å². The molecule has 3 aromatic rings. The number of hydrogen-bond donors (Lipinski definition) is 0. The van der Waals surface area contributed by atoms with E-state index >= 15 is 0 Å². The first-order valence-electron chi connectivity index (χ1n) is 8.44. The predicted molar refractivity (Wildman–Crippen MR) is 96.7 cm³/mol. The van der Waals surface area contributed by atoms with Gasteiger partial charge in [0.05, 0.1) is 5.01 Å². The molecule has 1 saturated heterocycles. The molecule has 128 valence electrons. The summed E-state index contributed by atoms with van der Waals surface area (Å²) in [4.78, 5) is 19.5. The number of rotatable bonds is 3. The highest BCUT2D eigenvalue weighted by Gasteiger charge is 2.31. The Balaban J connectivity index is 1.62. The van der Waals surface area contributed by atoms with Gasteiger partial charge in [-0.15, -0.1) is 11.3 Å². The van der Waals surface area contributed by atoms with E-state index in [1.165, 1.54) is 0 Å². The lowest BCUT2D eigenvalue weighted by Crippen LogP contribution is -2.39. The number of aryl methyl sites for hydroxylation is 1. The third-order valence-electron chi connectivity index (χ3n) is 4.63. The number of aromatic nitrogens is 2. The number of likely N-dealkylation sites (tertiary alicyclic amines) is 1. The number of hydrogen-bond acceptors (Lipinski definition) is 5. The van der Waals surface area contributed by atoms with E-state index in [0.29, 0.717) is 29.5 Å². The van der Waals surface area contributed by atoms with Crippen LogP contribution in [0.15, 0.2) is 46.4 Å². The van der Waals surface area contributed by atoms with Gasteiger partial charge in [-0.2, -0.15) is 0 Å². The lowest BCUT2D eigenvalue weighted by molar-refractivity contribution is 0.0706. The van der Waals surface area contributed by atoms with E-state index in [1.54, 1.807) is 18.3 Å². The van der Waals surface area contributed by atoms with Crippen LogP contribution in [-0.2, 0) is 0 Å². The number of carbonyl (C=O) groups is 1. The average Bonchev–Trinajstić information content (AvgIpc) is 3.32. The number of thiazole rings is 1. The molecule has 0 bridgehead atoms. The zero-order valence-electron chi connectivity index (χ0n) is 14.0. The number of amides is 1. The molecule has 0 N–H and O–H groups in total. The molecule has 0 spiro atoms. The molecule has 25 heavy (non-hydrogen) atoms. The van der Waals surface area contributed by atoms with Crippen LogP contribution in [0.25, 0.3) is 11.3 Å². The maximum Gasteiger partial charge on any atom is 0.259 e. The zero-order valence-corrected chi connectivity index (χ0v) is 14.8. The van der Waals surface area contributed by atoms with Crippen LogP contribution in [0.2, 0.25) is 0 Å². The lowest BCUT2D eigenvalue weighted by atomic mass is 9.97. The van der Waals surface area contributed by atoms with Gasteiger partial charge in [0.1, 0.15) is 17.0 Å². The summed E-state index contributed by atoms with van der Waals surface area (Å²) in [5.41, 5.74) is 2.10. The van der Waals surface area contributed by atoms with E-state index in [2.05, 4.69) is 10.1 Å². The van der Waals surface area contributed by atoms with Gasteiger partial charge in [-0.05, 0) is 19.8 Å². The van der Waals surface area contributed by atoms with Crippen LogP contribution in [0.1, 0.15) is 39.9 Å². The summed E-state index contributed by atoms with van der Waals surface area (Å²) in [6.45, 7) is 3.26. The van der Waals surface area contributed by atoms with Crippen LogP contribution in [0.5, 0.6) is 0 Å². The summed E-state index contributed by atoms with van der Waals surface area (Å²) < 4.78 is 5.35. The molecule has 1 aromatic carbocycles. The molecule has 1 unspecified atom stereocenters. The van der Waals surface area contributed by atoms with Crippen LogP contribution in [0.3, 0.4) is 0 Å². The quantitative estimate of drug-likeness (QED) is 0.710. The van der Waals surface area contributed by atoms with Crippen LogP contribution in [0, 0.1) is 6.92 Å². The number of benzene rings is 1. The molecular formula is C19H19N3O2S. The standard InChI is InChI=1S/C19H19N3O2S/c1-13-16(17(21-24-13)14-6-3-2-4-7-14)19(23)22-10-5-8-15(12-22)18-20-9-11-25-18/h2-4,6-7,9,11,15H,5,8,10,12H2,1H3. The molecule has 0 aliphatic carbocycles. The molecule has 0 radical (unpaired) electrons. The Morgan fingerprint density at radius 3 is 2.92 bits per heavy atom. The van der Waals surface area contributed by atoms with Gasteiger partial charge in [-0.1, -0.05) is 35.5 Å². The van der Waals surface area contributed by atoms with Crippen molar-refractivity contribution in [2.75, 3.05) is 13.1 Å². The Morgan fingerprint density at radius 1 is 1.32 bits per heavy atom. The van der Waals surface area contributed by atoms with Crippen molar-refractivity contribution in [2.24, 2.45) is 0 Å². The largest absolute Gasteiger partial charge is 0.360 e. The monoisotopic (exact) mass is 353 g/mol. The van der Waals surface area contributed by atoms with Crippen molar-refractivity contribution in [1.29, 1.82) is 0 Å². The van der Waals surface area contributed by atoms with Crippen LogP contribution >= 0.6 is 11.3 Å². The Morgan fingerprint density at radius 2 is 2.16 bits per heavy atom. The number of piperidine rings is 1. The van der Waals surface area contributed by atoms with Crippen molar-refractivity contribution in [2.45, 2.75) is 25.7 Å². The van der Waals surface area contributed by atoms with Crippen LogP contribution in [0.4, 0.5) is 0 Å². The second-order valence-corrected chi connectivity index (χ2v) is 7.22. The molecule has 1 atom stereocenters. The van der Waals surface area contributed by atoms with Gasteiger partial charge in [-0.3, -0.25) is 4.79 Å². The van der Waals surface area contributed by atoms with Crippen molar-refractivity contribution in [1.82, 2.24) is 15.0 Å². The van der Waals surface area contributed by atoms with Gasteiger partial charge in [0.25, 0.3) is 5.91 Å². The van der Waals surface area contributed by atoms with Crippen molar-refractivity contribution < 1.29 is 9.32 Å². The molecule has 6 heteroatoms. The fourth-order valence-corrected chi connectivity index (χ4v) is 4.14. The predicted octanol–water partition coefficient (Wildman–Crippen LogP) is 4.13. The molecule has 1 aliphatic rings. The van der Waals surface area contributed by atoms with E-state index in [-0.39, 0.29) is 5.91 Å². The van der Waals surface area contributed by atoms with Crippen molar-refractivity contribution in [3.05, 3.63) is 58.2 Å². The van der Waals surface area contributed by atoms with Gasteiger partial charge in [0.15, 0.2) is 0 Å². The highest BCUT2D eigenvalue weighted by Crippen LogP contribution is 2.31. The molecule has 3 heterocycles. The van der Waals surface area contributed by atoms with Crippen LogP contribution in [-0.4, -0.2) is 34.0 Å². The highest BCUT2D eigenvalue weighted by molar-refractivity contribution is 7.09. The minimum absolute atomic E-state index is 0.00106. The normalized spacial score (nSPS) is 17.6. The van der Waals surface area contributed by atoms with Crippen molar-refractivity contribution in [3.8, 4) is 11.3 Å².